The predicted octanol–water partition coefficient (Wildman–Crippen LogP) is 6.50. The van der Waals surface area contributed by atoms with E-state index in [1.54, 1.807) is 38.5 Å². The lowest BCUT2D eigenvalue weighted by Gasteiger charge is -2.18. The Morgan fingerprint density at radius 2 is 1.55 bits per heavy atom. The number of aromatic nitrogens is 3. The number of unbranched alkanes of at least 4 members (excludes halogenated alkanes) is 1. The molecule has 0 radical (unpaired) electrons. The molecule has 0 aliphatic heterocycles. The van der Waals surface area contributed by atoms with Crippen LogP contribution in [0.5, 0.6) is 0 Å². The fourth-order valence-corrected chi connectivity index (χ4v) is 4.47. The van der Waals surface area contributed by atoms with Gasteiger partial charge in [-0.3, -0.25) is 13.6 Å². The van der Waals surface area contributed by atoms with E-state index in [0.717, 1.165) is 36.1 Å². The minimum atomic E-state index is -3.90. The molecule has 13 heteroatoms. The van der Waals surface area contributed by atoms with Gasteiger partial charge in [-0.15, -0.1) is 5.10 Å². The van der Waals surface area contributed by atoms with Gasteiger partial charge in [-0.1, -0.05) is 54.5 Å². The summed E-state index contributed by atoms with van der Waals surface area (Å²) in [6.07, 6.45) is 3.87. The van der Waals surface area contributed by atoms with Crippen LogP contribution in [0.25, 0.3) is 11.3 Å². The molecule has 0 atom stereocenters. The van der Waals surface area contributed by atoms with Crippen LogP contribution in [0.15, 0.2) is 42.1 Å². The van der Waals surface area contributed by atoms with Crippen molar-refractivity contribution in [3.8, 4) is 11.3 Å². The maximum Gasteiger partial charge on any atom is 0.510 e. The Hall–Kier alpha value is -3.21. The van der Waals surface area contributed by atoms with Crippen LogP contribution >= 0.6 is 7.60 Å². The summed E-state index contributed by atoms with van der Waals surface area (Å²) >= 11 is 0. The van der Waals surface area contributed by atoms with Gasteiger partial charge in [0.2, 0.25) is 13.6 Å². The topological polar surface area (TPSA) is 137 Å². The van der Waals surface area contributed by atoms with Crippen LogP contribution in [0.1, 0.15) is 59.9 Å². The summed E-state index contributed by atoms with van der Waals surface area (Å²) in [5.41, 5.74) is 3.78. The summed E-state index contributed by atoms with van der Waals surface area (Å²) in [6.45, 7) is 9.60. The molecular weight excluding hydrogens is 541 g/mol. The second kappa shape index (κ2) is 16.8. The van der Waals surface area contributed by atoms with Crippen molar-refractivity contribution in [1.82, 2.24) is 15.0 Å². The van der Waals surface area contributed by atoms with Crippen LogP contribution < -0.4 is 0 Å². The highest BCUT2D eigenvalue weighted by Gasteiger charge is 2.26. The van der Waals surface area contributed by atoms with Crippen LogP contribution in [0.3, 0.4) is 0 Å². The number of benzene rings is 1. The Bertz CT molecular complexity index is 1110. The zero-order valence-corrected chi connectivity index (χ0v) is 24.9. The first-order valence-corrected chi connectivity index (χ1v) is 14.9. The zero-order chi connectivity index (χ0) is 29.5. The number of ether oxygens (including phenoxy) is 4. The molecular formula is C27H40N3O9P. The summed E-state index contributed by atoms with van der Waals surface area (Å²) in [7, 11) is -3.90. The monoisotopic (exact) mass is 581 g/mol. The van der Waals surface area contributed by atoms with Gasteiger partial charge in [0.1, 0.15) is 5.69 Å². The van der Waals surface area contributed by atoms with Gasteiger partial charge in [-0.25, -0.2) is 14.3 Å². The Morgan fingerprint density at radius 3 is 2.08 bits per heavy atom. The number of rotatable bonds is 16. The number of carbonyl (C=O) groups excluding carboxylic acids is 2. The predicted molar refractivity (Wildman–Crippen MR) is 148 cm³/mol. The van der Waals surface area contributed by atoms with Crippen molar-refractivity contribution < 1.29 is 42.1 Å². The number of hydrogen-bond acceptors (Lipinski definition) is 11. The molecule has 0 aliphatic carbocycles. The van der Waals surface area contributed by atoms with Crippen molar-refractivity contribution in [1.29, 1.82) is 0 Å². The SMILES string of the molecule is CCCCc1ccc(-c2cn(C/C(C)=C/CP(=O)(OCOC(=O)OC(C)C)OCOC(=O)OC(C)C)nn2)cc1. The summed E-state index contributed by atoms with van der Waals surface area (Å²) in [4.78, 5) is 23.2. The second-order valence-corrected chi connectivity index (χ2v) is 11.7. The van der Waals surface area contributed by atoms with Gasteiger partial charge in [-0.2, -0.15) is 0 Å². The van der Waals surface area contributed by atoms with E-state index >= 15 is 0 Å². The van der Waals surface area contributed by atoms with Gasteiger partial charge < -0.3 is 18.9 Å². The molecule has 0 amide bonds. The van der Waals surface area contributed by atoms with Gasteiger partial charge in [-0.05, 0) is 53.0 Å². The van der Waals surface area contributed by atoms with Gasteiger partial charge in [0.15, 0.2) is 0 Å². The van der Waals surface area contributed by atoms with Crippen molar-refractivity contribution in [2.75, 3.05) is 19.7 Å². The van der Waals surface area contributed by atoms with E-state index in [-0.39, 0.29) is 6.16 Å². The highest BCUT2D eigenvalue weighted by Crippen LogP contribution is 2.48. The van der Waals surface area contributed by atoms with Crippen molar-refractivity contribution in [2.24, 2.45) is 0 Å². The maximum absolute atomic E-state index is 13.3. The highest BCUT2D eigenvalue weighted by molar-refractivity contribution is 7.54. The third-order valence-corrected chi connectivity index (χ3v) is 6.83. The van der Waals surface area contributed by atoms with Crippen LogP contribution in [0, 0.1) is 0 Å². The van der Waals surface area contributed by atoms with E-state index in [1.807, 2.05) is 25.3 Å². The largest absolute Gasteiger partial charge is 0.510 e. The van der Waals surface area contributed by atoms with Gasteiger partial charge in [0.05, 0.1) is 31.1 Å². The third-order valence-electron chi connectivity index (χ3n) is 5.20. The minimum absolute atomic E-state index is 0.190. The highest BCUT2D eigenvalue weighted by atomic mass is 31.2. The Kier molecular flexibility index (Phi) is 13.9. The van der Waals surface area contributed by atoms with Crippen LogP contribution in [-0.2, 0) is 45.5 Å². The third kappa shape index (κ3) is 12.8. The fourth-order valence-electron chi connectivity index (χ4n) is 3.22. The molecule has 1 aromatic carbocycles. The van der Waals surface area contributed by atoms with Crippen molar-refractivity contribution in [2.45, 2.75) is 79.6 Å². The molecule has 2 aromatic rings. The molecule has 12 nitrogen and oxygen atoms in total. The zero-order valence-electron chi connectivity index (χ0n) is 24.0. The van der Waals surface area contributed by atoms with Crippen LogP contribution in [0.4, 0.5) is 9.59 Å². The Morgan fingerprint density at radius 1 is 0.975 bits per heavy atom. The molecule has 0 saturated heterocycles. The van der Waals surface area contributed by atoms with E-state index in [9.17, 15) is 14.2 Å². The van der Waals surface area contributed by atoms with Crippen molar-refractivity contribution >= 4 is 19.9 Å². The van der Waals surface area contributed by atoms with E-state index < -0.39 is 45.7 Å². The molecule has 0 aliphatic rings. The first-order chi connectivity index (χ1) is 19.0. The lowest BCUT2D eigenvalue weighted by molar-refractivity contribution is -0.0298. The van der Waals surface area contributed by atoms with E-state index in [1.165, 1.54) is 5.56 Å². The summed E-state index contributed by atoms with van der Waals surface area (Å²) in [5, 5.41) is 8.44. The molecule has 1 aromatic heterocycles. The van der Waals surface area contributed by atoms with Crippen molar-refractivity contribution in [3.05, 3.63) is 47.7 Å². The van der Waals surface area contributed by atoms with Gasteiger partial charge in [0.25, 0.3) is 0 Å². The molecule has 1 heterocycles. The second-order valence-electron chi connectivity index (χ2n) is 9.56. The van der Waals surface area contributed by atoms with Crippen LogP contribution in [-0.4, -0.2) is 59.3 Å². The number of aryl methyl sites for hydroxylation is 1. The molecule has 222 valence electrons. The first kappa shape index (κ1) is 33.0. The normalized spacial score (nSPS) is 12.1. The lowest BCUT2D eigenvalue weighted by atomic mass is 10.1. The number of carbonyl (C=O) groups is 2. The van der Waals surface area contributed by atoms with Gasteiger partial charge in [0, 0.05) is 5.56 Å². The molecule has 0 N–H and O–H groups in total. The standard InChI is InChI=1S/C27H40N3O9P/c1-7-8-9-23-10-12-24(13-11-23)25-17-30(29-28-25)16-22(6)14-15-40(33,36-18-34-26(31)38-20(2)3)37-19-35-27(32)39-21(4)5/h10-14,17,20-21H,7-9,15-16,18-19H2,1-6H3/b22-14+. The molecule has 0 spiro atoms. The summed E-state index contributed by atoms with van der Waals surface area (Å²) in [6, 6.07) is 8.27. The summed E-state index contributed by atoms with van der Waals surface area (Å²) in [5.74, 6) is 0. The average molecular weight is 582 g/mol. The molecule has 0 bridgehead atoms. The molecule has 0 unspecified atom stereocenters. The Balaban J connectivity index is 1.99. The van der Waals surface area contributed by atoms with E-state index in [2.05, 4.69) is 29.4 Å². The van der Waals surface area contributed by atoms with Gasteiger partial charge >= 0.3 is 19.9 Å². The lowest BCUT2D eigenvalue weighted by Crippen LogP contribution is -2.16. The number of allylic oxidation sites excluding steroid dienone is 2. The van der Waals surface area contributed by atoms with E-state index in [4.69, 9.17) is 28.0 Å². The Labute approximate surface area is 235 Å². The molecule has 40 heavy (non-hydrogen) atoms. The quantitative estimate of drug-likeness (QED) is 0.0929. The fraction of sp³-hybridized carbons (Fsp3) is 0.556. The number of nitrogens with zero attached hydrogens (tertiary/aromatic N) is 3. The van der Waals surface area contributed by atoms with E-state index in [0.29, 0.717) is 6.54 Å². The number of hydrogen-bond donors (Lipinski definition) is 0. The molecule has 2 rings (SSSR count). The maximum atomic E-state index is 13.3. The smallest absolute Gasteiger partial charge is 0.432 e. The molecule has 0 fully saturated rings. The minimum Gasteiger partial charge on any atom is -0.432 e. The van der Waals surface area contributed by atoms with Crippen LogP contribution in [0.2, 0.25) is 0 Å². The van der Waals surface area contributed by atoms with Crippen molar-refractivity contribution in [3.63, 3.8) is 0 Å². The average Bonchev–Trinajstić information content (AvgIpc) is 3.34. The summed E-state index contributed by atoms with van der Waals surface area (Å²) < 4.78 is 44.7. The molecule has 0 saturated carbocycles. The first-order valence-electron chi connectivity index (χ1n) is 13.2.